The van der Waals surface area contributed by atoms with E-state index in [9.17, 15) is 23.3 Å². The second-order valence-corrected chi connectivity index (χ2v) is 20.7. The van der Waals surface area contributed by atoms with E-state index in [2.05, 4.69) is 71.6 Å². The number of hydrogen-bond acceptors (Lipinski definition) is 10. The first-order chi connectivity index (χ1) is 29.0. The van der Waals surface area contributed by atoms with Gasteiger partial charge in [0, 0.05) is 78.3 Å². The van der Waals surface area contributed by atoms with Crippen molar-refractivity contribution < 1.29 is 18.1 Å². The van der Waals surface area contributed by atoms with Crippen LogP contribution in [0.25, 0.3) is 5.57 Å². The van der Waals surface area contributed by atoms with Gasteiger partial charge in [-0.1, -0.05) is 75.2 Å². The number of carbonyl (C=O) groups is 1. The maximum Gasteiger partial charge on any atom is 0.293 e. The number of piperazine rings is 1. The fourth-order valence-corrected chi connectivity index (χ4v) is 10.3. The number of anilines is 2. The summed E-state index contributed by atoms with van der Waals surface area (Å²) in [7, 11) is -2.38. The van der Waals surface area contributed by atoms with E-state index in [1.165, 1.54) is 28.8 Å². The Morgan fingerprint density at radius 2 is 1.66 bits per heavy atom. The molecule has 0 unspecified atom stereocenters. The number of halogens is 1. The van der Waals surface area contributed by atoms with Crippen molar-refractivity contribution in [3.05, 3.63) is 129 Å². The molecule has 326 valence electrons. The lowest BCUT2D eigenvalue weighted by atomic mass is 9.73. The highest BCUT2D eigenvalue weighted by atomic mass is 35.5. The summed E-state index contributed by atoms with van der Waals surface area (Å²) in [5.74, 6) is 0.326. The van der Waals surface area contributed by atoms with E-state index in [0.29, 0.717) is 11.7 Å². The number of amides is 1. The second-order valence-electron chi connectivity index (χ2n) is 17.5. The highest BCUT2D eigenvalue weighted by molar-refractivity contribution is 7.99. The molecule has 0 spiro atoms. The van der Waals surface area contributed by atoms with Gasteiger partial charge in [-0.25, -0.2) is 13.1 Å². The van der Waals surface area contributed by atoms with E-state index in [1.54, 1.807) is 23.9 Å². The number of carbonyl (C=O) groups excluding carboxylic acids is 1. The van der Waals surface area contributed by atoms with E-state index in [1.807, 2.05) is 54.6 Å². The standard InChI is InChI=1S/C47H59ClN6O5S2/c1-34(2)31-51(5)24-22-39(33-60-41-9-7-6-8-10-41)49-44-20-19-42(29-45(44)54(56)57)61(58,59)50-46(55)36-13-17-40(18-14-36)53-27-25-52(26-28-53)32-37-30-47(3,4)23-21-43(37)35-11-15-38(48)16-12-35/h6-20,29,34,39,49H,21-28,30-33H2,1-5H3,(H,50,55)/t39-/m1/s1. The number of thioether (sulfide) groups is 1. The summed E-state index contributed by atoms with van der Waals surface area (Å²) in [6.45, 7) is 15.1. The molecular weight excluding hydrogens is 828 g/mol. The number of nitro groups is 1. The van der Waals surface area contributed by atoms with Crippen molar-refractivity contribution in [2.45, 2.75) is 69.2 Å². The van der Waals surface area contributed by atoms with Crippen LogP contribution in [0.5, 0.6) is 0 Å². The van der Waals surface area contributed by atoms with Gasteiger partial charge in [0.15, 0.2) is 0 Å². The lowest BCUT2D eigenvalue weighted by Gasteiger charge is -2.39. The molecule has 11 nitrogen and oxygen atoms in total. The fourth-order valence-electron chi connectivity index (χ4n) is 8.23. The van der Waals surface area contributed by atoms with E-state index >= 15 is 0 Å². The molecule has 1 atom stereocenters. The van der Waals surface area contributed by atoms with Crippen LogP contribution in [0.1, 0.15) is 69.3 Å². The Morgan fingerprint density at radius 3 is 2.31 bits per heavy atom. The van der Waals surface area contributed by atoms with Crippen LogP contribution in [0.3, 0.4) is 0 Å². The Bertz CT molecular complexity index is 2260. The third-order valence-electron chi connectivity index (χ3n) is 11.4. The van der Waals surface area contributed by atoms with Crippen LogP contribution in [-0.2, 0) is 10.0 Å². The Kier molecular flexibility index (Phi) is 15.6. The van der Waals surface area contributed by atoms with Crippen LogP contribution < -0.4 is 14.9 Å². The topological polar surface area (TPSA) is 128 Å². The van der Waals surface area contributed by atoms with Crippen molar-refractivity contribution in [3.63, 3.8) is 0 Å². The minimum Gasteiger partial charge on any atom is -0.376 e. The van der Waals surface area contributed by atoms with Gasteiger partial charge in [-0.2, -0.15) is 0 Å². The second kappa shape index (κ2) is 20.6. The average Bonchev–Trinajstić information content (AvgIpc) is 3.22. The van der Waals surface area contributed by atoms with Gasteiger partial charge in [-0.15, -0.1) is 11.8 Å². The van der Waals surface area contributed by atoms with Crippen LogP contribution in [0.2, 0.25) is 5.02 Å². The van der Waals surface area contributed by atoms with E-state index in [4.69, 9.17) is 11.6 Å². The molecule has 14 heteroatoms. The zero-order chi connectivity index (χ0) is 43.7. The summed E-state index contributed by atoms with van der Waals surface area (Å²) in [5, 5.41) is 16.4. The molecule has 1 amide bonds. The molecule has 0 radical (unpaired) electrons. The average molecular weight is 888 g/mol. The number of benzene rings is 4. The highest BCUT2D eigenvalue weighted by Gasteiger charge is 2.30. The van der Waals surface area contributed by atoms with Crippen molar-refractivity contribution in [1.29, 1.82) is 0 Å². The molecule has 1 aliphatic heterocycles. The first-order valence-electron chi connectivity index (χ1n) is 21.1. The third-order valence-corrected chi connectivity index (χ3v) is 14.2. The van der Waals surface area contributed by atoms with Gasteiger partial charge in [-0.3, -0.25) is 19.8 Å². The van der Waals surface area contributed by atoms with Crippen LogP contribution in [0.15, 0.2) is 112 Å². The van der Waals surface area contributed by atoms with Gasteiger partial charge in [0.1, 0.15) is 5.69 Å². The Morgan fingerprint density at radius 1 is 0.967 bits per heavy atom. The quantitative estimate of drug-likeness (QED) is 0.0567. The van der Waals surface area contributed by atoms with E-state index in [-0.39, 0.29) is 33.3 Å². The van der Waals surface area contributed by atoms with Gasteiger partial charge in [0.25, 0.3) is 21.6 Å². The first kappa shape index (κ1) is 46.1. The number of hydrogen-bond donors (Lipinski definition) is 2. The number of sulfonamides is 1. The molecule has 1 saturated heterocycles. The number of allylic oxidation sites excluding steroid dienone is 1. The maximum atomic E-state index is 13.5. The van der Waals surface area contributed by atoms with Crippen molar-refractivity contribution in [2.24, 2.45) is 11.3 Å². The number of rotatable bonds is 18. The minimum absolute atomic E-state index is 0.145. The van der Waals surface area contributed by atoms with Gasteiger partial charge in [0.05, 0.1) is 9.82 Å². The fraction of sp³-hybridized carbons (Fsp3) is 0.426. The summed E-state index contributed by atoms with van der Waals surface area (Å²) >= 11 is 7.85. The Hall–Kier alpha value is -4.40. The van der Waals surface area contributed by atoms with Crippen molar-refractivity contribution in [1.82, 2.24) is 14.5 Å². The SMILES string of the molecule is CC(C)CN(C)CC[C@H](CSc1ccccc1)Nc1ccc(S(=O)(=O)NC(=O)c2ccc(N3CCN(CC4=C(c5ccc(Cl)cc5)CCC(C)(C)C4)CC3)cc2)cc1[N+](=O)[O-]. The van der Waals surface area contributed by atoms with Crippen LogP contribution in [-0.4, -0.2) is 93.7 Å². The summed E-state index contributed by atoms with van der Waals surface area (Å²) in [6, 6.07) is 28.6. The molecular formula is C47H59ClN6O5S2. The molecule has 61 heavy (non-hydrogen) atoms. The van der Waals surface area contributed by atoms with E-state index in [0.717, 1.165) is 93.2 Å². The predicted octanol–water partition coefficient (Wildman–Crippen LogP) is 9.70. The molecule has 1 heterocycles. The smallest absolute Gasteiger partial charge is 0.293 e. The number of nitro benzene ring substituents is 1. The lowest BCUT2D eigenvalue weighted by Crippen LogP contribution is -2.47. The summed E-state index contributed by atoms with van der Waals surface area (Å²) in [4.78, 5) is 32.8. The molecule has 4 aromatic carbocycles. The number of nitrogens with one attached hydrogen (secondary N) is 2. The van der Waals surface area contributed by atoms with Gasteiger partial charge >= 0.3 is 0 Å². The van der Waals surface area contributed by atoms with Crippen LogP contribution >= 0.6 is 23.4 Å². The molecule has 0 saturated carbocycles. The normalized spacial score (nSPS) is 16.5. The molecule has 4 aromatic rings. The third kappa shape index (κ3) is 13.1. The van der Waals surface area contributed by atoms with Gasteiger partial charge in [-0.05, 0) is 122 Å². The van der Waals surface area contributed by atoms with Crippen molar-refractivity contribution in [3.8, 4) is 0 Å². The summed E-state index contributed by atoms with van der Waals surface area (Å²) in [5.41, 5.74) is 5.41. The van der Waals surface area contributed by atoms with Crippen molar-refractivity contribution in [2.75, 3.05) is 68.8 Å². The minimum atomic E-state index is -4.44. The van der Waals surface area contributed by atoms with E-state index < -0.39 is 20.9 Å². The van der Waals surface area contributed by atoms with Gasteiger partial charge in [0.2, 0.25) is 0 Å². The monoisotopic (exact) mass is 886 g/mol. The van der Waals surface area contributed by atoms with Crippen LogP contribution in [0.4, 0.5) is 17.1 Å². The highest BCUT2D eigenvalue weighted by Crippen LogP contribution is 2.43. The lowest BCUT2D eigenvalue weighted by molar-refractivity contribution is -0.384. The van der Waals surface area contributed by atoms with Gasteiger partial charge < -0.3 is 15.1 Å². The molecule has 1 fully saturated rings. The Labute approximate surface area is 371 Å². The molecule has 2 aliphatic rings. The largest absolute Gasteiger partial charge is 0.376 e. The summed E-state index contributed by atoms with van der Waals surface area (Å²) in [6.07, 6.45) is 4.00. The molecule has 0 aromatic heterocycles. The van der Waals surface area contributed by atoms with Crippen molar-refractivity contribution >= 4 is 61.9 Å². The summed E-state index contributed by atoms with van der Waals surface area (Å²) < 4.78 is 29.1. The molecule has 1 aliphatic carbocycles. The van der Waals surface area contributed by atoms with Crippen LogP contribution in [0, 0.1) is 21.4 Å². The zero-order valence-corrected chi connectivity index (χ0v) is 38.3. The Balaban J connectivity index is 1.07. The predicted molar refractivity (Wildman–Crippen MR) is 250 cm³/mol. The molecule has 0 bridgehead atoms. The first-order valence-corrected chi connectivity index (χ1v) is 23.9. The number of nitrogens with zero attached hydrogens (tertiary/aromatic N) is 4. The molecule has 6 rings (SSSR count). The maximum absolute atomic E-state index is 13.5. The molecule has 2 N–H and O–H groups in total. The zero-order valence-electron chi connectivity index (χ0n) is 35.9.